The van der Waals surface area contributed by atoms with Crippen molar-refractivity contribution in [1.29, 1.82) is 0 Å². The highest BCUT2D eigenvalue weighted by Gasteiger charge is 2.30. The number of para-hydroxylation sites is 1. The Morgan fingerprint density at radius 2 is 2.07 bits per heavy atom. The summed E-state index contributed by atoms with van der Waals surface area (Å²) in [4.78, 5) is 52.2. The van der Waals surface area contributed by atoms with Gasteiger partial charge in [-0.15, -0.1) is 11.8 Å². The summed E-state index contributed by atoms with van der Waals surface area (Å²) in [5, 5.41) is 0.0923. The number of carbonyl (C=O) groups is 3. The van der Waals surface area contributed by atoms with Crippen LogP contribution in [0.1, 0.15) is 10.4 Å². The van der Waals surface area contributed by atoms with Crippen molar-refractivity contribution < 1.29 is 23.9 Å². The first-order valence-corrected chi connectivity index (χ1v) is 9.31. The van der Waals surface area contributed by atoms with Gasteiger partial charge in [-0.1, -0.05) is 18.2 Å². The summed E-state index contributed by atoms with van der Waals surface area (Å²) in [7, 11) is 1.30. The number of aromatic nitrogens is 1. The number of benzene rings is 1. The number of nitrogens with zero attached hydrogens (tertiary/aromatic N) is 1. The lowest BCUT2D eigenvalue weighted by Gasteiger charge is -2.30. The molecule has 2 heterocycles. The van der Waals surface area contributed by atoms with Gasteiger partial charge in [0.25, 0.3) is 5.91 Å². The third kappa shape index (κ3) is 4.30. The number of amides is 1. The number of fused-ring (bicyclic) bond motifs is 1. The maximum absolute atomic E-state index is 12.4. The molecule has 1 atom stereocenters. The molecule has 0 spiro atoms. The molecular weight excluding hydrogens is 372 g/mol. The quantitative estimate of drug-likeness (QED) is 0.770. The van der Waals surface area contributed by atoms with Gasteiger partial charge < -0.3 is 19.4 Å². The van der Waals surface area contributed by atoms with Gasteiger partial charge in [-0.2, -0.15) is 0 Å². The van der Waals surface area contributed by atoms with Crippen LogP contribution in [0.4, 0.5) is 0 Å². The molecule has 0 bridgehead atoms. The van der Waals surface area contributed by atoms with Crippen LogP contribution in [-0.4, -0.2) is 65.5 Å². The van der Waals surface area contributed by atoms with Crippen molar-refractivity contribution in [3.05, 3.63) is 46.2 Å². The average Bonchev–Trinajstić information content (AvgIpc) is 2.70. The number of esters is 2. The van der Waals surface area contributed by atoms with Crippen LogP contribution in [0, 0.1) is 0 Å². The second kappa shape index (κ2) is 8.26. The second-order valence-electron chi connectivity index (χ2n) is 5.89. The number of hydrogen-bond acceptors (Lipinski definition) is 7. The van der Waals surface area contributed by atoms with Crippen LogP contribution in [0.2, 0.25) is 0 Å². The zero-order valence-corrected chi connectivity index (χ0v) is 15.4. The van der Waals surface area contributed by atoms with E-state index in [1.807, 2.05) is 0 Å². The lowest BCUT2D eigenvalue weighted by Crippen LogP contribution is -2.46. The van der Waals surface area contributed by atoms with Gasteiger partial charge in [0.2, 0.25) is 5.56 Å². The molecule has 1 aliphatic heterocycles. The summed E-state index contributed by atoms with van der Waals surface area (Å²) in [6.07, 6.45) is 0. The SMILES string of the molecule is COC(=O)[C@@H]1CN(C(=O)COC(=O)c2cc(=O)[nH]c3ccccc23)CCS1. The summed E-state index contributed by atoms with van der Waals surface area (Å²) in [6.45, 7) is 0.211. The number of thioether (sulfide) groups is 1. The maximum atomic E-state index is 12.4. The summed E-state index contributed by atoms with van der Waals surface area (Å²) in [6, 6.07) is 7.99. The lowest BCUT2D eigenvalue weighted by atomic mass is 10.1. The monoisotopic (exact) mass is 390 g/mol. The van der Waals surface area contributed by atoms with E-state index < -0.39 is 29.3 Å². The van der Waals surface area contributed by atoms with E-state index >= 15 is 0 Å². The Labute approximate surface area is 158 Å². The van der Waals surface area contributed by atoms with E-state index in [9.17, 15) is 19.2 Å². The first-order chi connectivity index (χ1) is 13.0. The molecule has 1 saturated heterocycles. The van der Waals surface area contributed by atoms with Crippen molar-refractivity contribution in [2.45, 2.75) is 5.25 Å². The first kappa shape index (κ1) is 19.0. The Bertz CT molecular complexity index is 941. The summed E-state index contributed by atoms with van der Waals surface area (Å²) >= 11 is 1.43. The van der Waals surface area contributed by atoms with Crippen molar-refractivity contribution >= 4 is 40.5 Å². The molecule has 1 aromatic heterocycles. The number of H-pyrrole nitrogens is 1. The summed E-state index contributed by atoms with van der Waals surface area (Å²) in [5.41, 5.74) is 0.182. The molecule has 1 amide bonds. The predicted molar refractivity (Wildman–Crippen MR) is 99.7 cm³/mol. The van der Waals surface area contributed by atoms with E-state index in [0.29, 0.717) is 23.2 Å². The van der Waals surface area contributed by atoms with Gasteiger partial charge in [0, 0.05) is 35.8 Å². The molecule has 1 aromatic carbocycles. The van der Waals surface area contributed by atoms with E-state index in [-0.39, 0.29) is 18.1 Å². The molecule has 8 nitrogen and oxygen atoms in total. The van der Waals surface area contributed by atoms with Crippen LogP contribution >= 0.6 is 11.8 Å². The normalized spacial score (nSPS) is 16.8. The molecule has 0 aliphatic carbocycles. The Balaban J connectivity index is 1.66. The Hall–Kier alpha value is -2.81. The van der Waals surface area contributed by atoms with E-state index in [1.54, 1.807) is 24.3 Å². The van der Waals surface area contributed by atoms with Crippen molar-refractivity contribution in [3.8, 4) is 0 Å². The zero-order chi connectivity index (χ0) is 19.4. The molecule has 3 rings (SSSR count). The largest absolute Gasteiger partial charge is 0.468 e. The fourth-order valence-corrected chi connectivity index (χ4v) is 3.95. The molecule has 0 unspecified atom stereocenters. The molecule has 1 aliphatic rings. The number of pyridine rings is 1. The number of rotatable bonds is 4. The van der Waals surface area contributed by atoms with Crippen molar-refractivity contribution in [2.75, 3.05) is 32.6 Å². The van der Waals surface area contributed by atoms with Crippen LogP contribution in [0.15, 0.2) is 35.1 Å². The minimum Gasteiger partial charge on any atom is -0.468 e. The standard InChI is InChI=1S/C18H18N2O6S/c1-25-18(24)14-9-20(6-7-27-14)16(22)10-26-17(23)12-8-15(21)19-13-5-3-2-4-11(12)13/h2-5,8,14H,6-7,9-10H2,1H3,(H,19,21)/t14-/m0/s1. The maximum Gasteiger partial charge on any atom is 0.339 e. The summed E-state index contributed by atoms with van der Waals surface area (Å²) in [5.74, 6) is -0.934. The Morgan fingerprint density at radius 3 is 2.85 bits per heavy atom. The third-order valence-electron chi connectivity index (χ3n) is 4.18. The van der Waals surface area contributed by atoms with Crippen LogP contribution < -0.4 is 5.56 Å². The van der Waals surface area contributed by atoms with E-state index in [1.165, 1.54) is 23.8 Å². The van der Waals surface area contributed by atoms with Crippen LogP contribution in [0.5, 0.6) is 0 Å². The van der Waals surface area contributed by atoms with Gasteiger partial charge in [-0.25, -0.2) is 4.79 Å². The molecule has 2 aromatic rings. The molecule has 27 heavy (non-hydrogen) atoms. The number of ether oxygens (including phenoxy) is 2. The highest BCUT2D eigenvalue weighted by molar-refractivity contribution is 8.00. The van der Waals surface area contributed by atoms with E-state index in [2.05, 4.69) is 4.98 Å². The average molecular weight is 390 g/mol. The Morgan fingerprint density at radius 1 is 1.30 bits per heavy atom. The molecule has 9 heteroatoms. The highest BCUT2D eigenvalue weighted by atomic mass is 32.2. The van der Waals surface area contributed by atoms with Gasteiger partial charge in [0.05, 0.1) is 12.7 Å². The van der Waals surface area contributed by atoms with Crippen molar-refractivity contribution in [2.24, 2.45) is 0 Å². The van der Waals surface area contributed by atoms with Crippen molar-refractivity contribution in [1.82, 2.24) is 9.88 Å². The molecule has 0 saturated carbocycles. The van der Waals surface area contributed by atoms with Crippen LogP contribution in [0.25, 0.3) is 10.9 Å². The fraction of sp³-hybridized carbons (Fsp3) is 0.333. The van der Waals surface area contributed by atoms with Gasteiger partial charge in [-0.05, 0) is 6.07 Å². The minimum atomic E-state index is -0.749. The Kier molecular flexibility index (Phi) is 5.80. The zero-order valence-electron chi connectivity index (χ0n) is 14.6. The number of carbonyl (C=O) groups excluding carboxylic acids is 3. The first-order valence-electron chi connectivity index (χ1n) is 8.26. The van der Waals surface area contributed by atoms with Gasteiger partial charge in [0.15, 0.2) is 6.61 Å². The third-order valence-corrected chi connectivity index (χ3v) is 5.34. The van der Waals surface area contributed by atoms with E-state index in [4.69, 9.17) is 9.47 Å². The fourth-order valence-electron chi connectivity index (χ4n) is 2.82. The molecule has 1 N–H and O–H groups in total. The number of nitrogens with one attached hydrogen (secondary N) is 1. The van der Waals surface area contributed by atoms with Crippen LogP contribution in [0.3, 0.4) is 0 Å². The predicted octanol–water partition coefficient (Wildman–Crippen LogP) is 0.802. The number of aromatic amines is 1. The second-order valence-corrected chi connectivity index (χ2v) is 7.20. The number of hydrogen-bond donors (Lipinski definition) is 1. The number of methoxy groups -OCH3 is 1. The molecular formula is C18H18N2O6S. The van der Waals surface area contributed by atoms with Gasteiger partial charge >= 0.3 is 11.9 Å². The molecule has 142 valence electrons. The van der Waals surface area contributed by atoms with E-state index in [0.717, 1.165) is 6.07 Å². The van der Waals surface area contributed by atoms with Gasteiger partial charge in [-0.3, -0.25) is 14.4 Å². The minimum absolute atomic E-state index is 0.101. The van der Waals surface area contributed by atoms with Crippen molar-refractivity contribution in [3.63, 3.8) is 0 Å². The van der Waals surface area contributed by atoms with Crippen LogP contribution in [-0.2, 0) is 19.1 Å². The molecule has 1 fully saturated rings. The molecule has 0 radical (unpaired) electrons. The summed E-state index contributed by atoms with van der Waals surface area (Å²) < 4.78 is 9.83. The highest BCUT2D eigenvalue weighted by Crippen LogP contribution is 2.20. The topological polar surface area (TPSA) is 106 Å². The lowest BCUT2D eigenvalue weighted by molar-refractivity contribution is -0.141. The smallest absolute Gasteiger partial charge is 0.339 e. The van der Waals surface area contributed by atoms with Gasteiger partial charge in [0.1, 0.15) is 5.25 Å².